The predicted octanol–water partition coefficient (Wildman–Crippen LogP) is 1.65. The Morgan fingerprint density at radius 1 is 1.39 bits per heavy atom. The number of carbonyl (C=O) groups excluding carboxylic acids is 1. The van der Waals surface area contributed by atoms with Crippen LogP contribution in [0.4, 0.5) is 0 Å². The van der Waals surface area contributed by atoms with E-state index in [9.17, 15) is 9.90 Å². The molecule has 0 aliphatic carbocycles. The van der Waals surface area contributed by atoms with E-state index < -0.39 is 0 Å². The summed E-state index contributed by atoms with van der Waals surface area (Å²) in [5.74, 6) is -0.0678. The molecular weight excluding hydrogens is 230 g/mol. The molecular formula is C14H21NO3. The van der Waals surface area contributed by atoms with Gasteiger partial charge in [0.25, 0.3) is 0 Å². The van der Waals surface area contributed by atoms with Crippen molar-refractivity contribution in [2.75, 3.05) is 13.7 Å². The Labute approximate surface area is 108 Å². The maximum Gasteiger partial charge on any atom is 0.220 e. The minimum Gasteiger partial charge on any atom is -0.394 e. The second kappa shape index (κ2) is 7.84. The Hall–Kier alpha value is -1.39. The highest BCUT2D eigenvalue weighted by atomic mass is 16.5. The molecule has 2 atom stereocenters. The number of benzene rings is 1. The number of methoxy groups -OCH3 is 1. The maximum absolute atomic E-state index is 11.7. The number of ether oxygens (including phenoxy) is 1. The molecule has 18 heavy (non-hydrogen) atoms. The molecule has 0 radical (unpaired) electrons. The Morgan fingerprint density at radius 3 is 2.61 bits per heavy atom. The van der Waals surface area contributed by atoms with E-state index in [1.165, 1.54) is 0 Å². The highest BCUT2D eigenvalue weighted by molar-refractivity contribution is 5.76. The van der Waals surface area contributed by atoms with Crippen molar-refractivity contribution >= 4 is 5.91 Å². The van der Waals surface area contributed by atoms with E-state index >= 15 is 0 Å². The SMILES string of the molecule is COC(C)CCC(=O)N[C@@H](CO)c1ccccc1. The van der Waals surface area contributed by atoms with Crippen molar-refractivity contribution in [3.8, 4) is 0 Å². The van der Waals surface area contributed by atoms with Gasteiger partial charge in [-0.1, -0.05) is 30.3 Å². The van der Waals surface area contributed by atoms with Gasteiger partial charge in [0.05, 0.1) is 18.8 Å². The van der Waals surface area contributed by atoms with Gasteiger partial charge in [-0.3, -0.25) is 4.79 Å². The molecule has 0 heterocycles. The van der Waals surface area contributed by atoms with Gasteiger partial charge in [-0.25, -0.2) is 0 Å². The second-order valence-electron chi connectivity index (χ2n) is 4.30. The number of nitrogens with one attached hydrogen (secondary N) is 1. The Bertz CT molecular complexity index is 353. The molecule has 1 amide bonds. The summed E-state index contributed by atoms with van der Waals surface area (Å²) in [5.41, 5.74) is 0.910. The molecule has 0 aliphatic rings. The van der Waals surface area contributed by atoms with Gasteiger partial charge >= 0.3 is 0 Å². The molecule has 0 aliphatic heterocycles. The molecule has 0 saturated carbocycles. The smallest absolute Gasteiger partial charge is 0.220 e. The van der Waals surface area contributed by atoms with Crippen LogP contribution in [-0.2, 0) is 9.53 Å². The van der Waals surface area contributed by atoms with E-state index in [-0.39, 0.29) is 24.7 Å². The van der Waals surface area contributed by atoms with Crippen LogP contribution in [0.25, 0.3) is 0 Å². The summed E-state index contributed by atoms with van der Waals surface area (Å²) in [4.78, 5) is 11.7. The summed E-state index contributed by atoms with van der Waals surface area (Å²) < 4.78 is 5.09. The Balaban J connectivity index is 2.46. The van der Waals surface area contributed by atoms with Crippen LogP contribution in [0.15, 0.2) is 30.3 Å². The van der Waals surface area contributed by atoms with E-state index in [0.717, 1.165) is 5.56 Å². The number of hydrogen-bond donors (Lipinski definition) is 2. The first-order valence-electron chi connectivity index (χ1n) is 6.15. The third-order valence-electron chi connectivity index (χ3n) is 2.90. The molecule has 1 rings (SSSR count). The van der Waals surface area contributed by atoms with Crippen molar-refractivity contribution in [1.29, 1.82) is 0 Å². The van der Waals surface area contributed by atoms with Gasteiger partial charge in [0.15, 0.2) is 0 Å². The lowest BCUT2D eigenvalue weighted by atomic mass is 10.1. The summed E-state index contributed by atoms with van der Waals surface area (Å²) in [6.45, 7) is 1.82. The van der Waals surface area contributed by atoms with E-state index in [1.807, 2.05) is 37.3 Å². The number of aliphatic hydroxyl groups is 1. The van der Waals surface area contributed by atoms with Gasteiger partial charge < -0.3 is 15.2 Å². The van der Waals surface area contributed by atoms with E-state index in [4.69, 9.17) is 4.74 Å². The monoisotopic (exact) mass is 251 g/mol. The van der Waals surface area contributed by atoms with Gasteiger partial charge in [-0.15, -0.1) is 0 Å². The van der Waals surface area contributed by atoms with Crippen molar-refractivity contribution < 1.29 is 14.6 Å². The van der Waals surface area contributed by atoms with Gasteiger partial charge in [-0.05, 0) is 18.9 Å². The number of rotatable bonds is 7. The Morgan fingerprint density at radius 2 is 2.06 bits per heavy atom. The summed E-state index contributed by atoms with van der Waals surface area (Å²) in [7, 11) is 1.63. The molecule has 2 N–H and O–H groups in total. The molecule has 4 nitrogen and oxygen atoms in total. The van der Waals surface area contributed by atoms with Crippen LogP contribution in [-0.4, -0.2) is 30.8 Å². The molecule has 0 spiro atoms. The quantitative estimate of drug-likeness (QED) is 0.774. The minimum absolute atomic E-state index is 0.0678. The standard InChI is InChI=1S/C14H21NO3/c1-11(18-2)8-9-14(17)15-13(10-16)12-6-4-3-5-7-12/h3-7,11,13,16H,8-10H2,1-2H3,(H,15,17)/t11?,13-/m0/s1. The van der Waals surface area contributed by atoms with Crippen LogP contribution < -0.4 is 5.32 Å². The van der Waals surface area contributed by atoms with Gasteiger partial charge in [0.2, 0.25) is 5.91 Å². The lowest BCUT2D eigenvalue weighted by Crippen LogP contribution is -2.31. The molecule has 100 valence electrons. The average molecular weight is 251 g/mol. The average Bonchev–Trinajstić information content (AvgIpc) is 2.43. The Kier molecular flexibility index (Phi) is 6.39. The lowest BCUT2D eigenvalue weighted by Gasteiger charge is -2.17. The van der Waals surface area contributed by atoms with E-state index in [2.05, 4.69) is 5.32 Å². The molecule has 0 bridgehead atoms. The molecule has 0 fully saturated rings. The van der Waals surface area contributed by atoms with Crippen molar-refractivity contribution in [2.24, 2.45) is 0 Å². The zero-order valence-corrected chi connectivity index (χ0v) is 10.9. The zero-order chi connectivity index (χ0) is 13.4. The third-order valence-corrected chi connectivity index (χ3v) is 2.90. The highest BCUT2D eigenvalue weighted by Crippen LogP contribution is 2.12. The fourth-order valence-corrected chi connectivity index (χ4v) is 1.64. The van der Waals surface area contributed by atoms with Crippen LogP contribution in [0, 0.1) is 0 Å². The zero-order valence-electron chi connectivity index (χ0n) is 10.9. The van der Waals surface area contributed by atoms with Crippen molar-refractivity contribution in [1.82, 2.24) is 5.32 Å². The van der Waals surface area contributed by atoms with E-state index in [0.29, 0.717) is 12.8 Å². The molecule has 1 unspecified atom stereocenters. The van der Waals surface area contributed by atoms with Gasteiger partial charge in [-0.2, -0.15) is 0 Å². The molecule has 1 aromatic carbocycles. The van der Waals surface area contributed by atoms with Crippen molar-refractivity contribution in [3.63, 3.8) is 0 Å². The van der Waals surface area contributed by atoms with E-state index in [1.54, 1.807) is 7.11 Å². The number of hydrogen-bond acceptors (Lipinski definition) is 3. The first-order valence-corrected chi connectivity index (χ1v) is 6.15. The summed E-state index contributed by atoms with van der Waals surface area (Å²) in [5, 5.41) is 12.1. The van der Waals surface area contributed by atoms with Crippen LogP contribution >= 0.6 is 0 Å². The molecule has 0 saturated heterocycles. The first-order chi connectivity index (χ1) is 8.67. The number of aliphatic hydroxyl groups excluding tert-OH is 1. The van der Waals surface area contributed by atoms with Crippen LogP contribution in [0.1, 0.15) is 31.4 Å². The van der Waals surface area contributed by atoms with Crippen molar-refractivity contribution in [2.45, 2.75) is 31.9 Å². The van der Waals surface area contributed by atoms with Crippen molar-refractivity contribution in [3.05, 3.63) is 35.9 Å². The molecule has 4 heteroatoms. The molecule has 0 aromatic heterocycles. The second-order valence-corrected chi connectivity index (χ2v) is 4.30. The van der Waals surface area contributed by atoms with Crippen LogP contribution in [0.3, 0.4) is 0 Å². The summed E-state index contributed by atoms with van der Waals surface area (Å²) in [6, 6.07) is 9.11. The van der Waals surface area contributed by atoms with Crippen LogP contribution in [0.2, 0.25) is 0 Å². The highest BCUT2D eigenvalue weighted by Gasteiger charge is 2.13. The topological polar surface area (TPSA) is 58.6 Å². The van der Waals surface area contributed by atoms with Gasteiger partial charge in [0.1, 0.15) is 0 Å². The van der Waals surface area contributed by atoms with Crippen LogP contribution in [0.5, 0.6) is 0 Å². The predicted molar refractivity (Wildman–Crippen MR) is 70.1 cm³/mol. The minimum atomic E-state index is -0.337. The molecule has 1 aromatic rings. The normalized spacial score (nSPS) is 13.9. The number of carbonyl (C=O) groups is 1. The summed E-state index contributed by atoms with van der Waals surface area (Å²) in [6.07, 6.45) is 1.15. The third kappa shape index (κ3) is 4.85. The fraction of sp³-hybridized carbons (Fsp3) is 0.500. The largest absolute Gasteiger partial charge is 0.394 e. The first kappa shape index (κ1) is 14.7. The lowest BCUT2D eigenvalue weighted by molar-refractivity contribution is -0.122. The summed E-state index contributed by atoms with van der Waals surface area (Å²) >= 11 is 0. The fourth-order valence-electron chi connectivity index (χ4n) is 1.64. The maximum atomic E-state index is 11.7. The van der Waals surface area contributed by atoms with Gasteiger partial charge in [0, 0.05) is 13.5 Å². The number of amides is 1.